The molecule has 0 unspecified atom stereocenters. The Kier molecular flexibility index (Phi) is 5.88. The smallest absolute Gasteiger partial charge is 0.319 e. The molecule has 6 heteroatoms. The summed E-state index contributed by atoms with van der Waals surface area (Å²) >= 11 is 5.70. The van der Waals surface area contributed by atoms with Crippen molar-refractivity contribution in [1.82, 2.24) is 10.3 Å². The van der Waals surface area contributed by atoms with Crippen molar-refractivity contribution >= 4 is 23.3 Å². The average molecular weight is 272 g/mol. The van der Waals surface area contributed by atoms with Crippen LogP contribution in [0.4, 0.5) is 10.5 Å². The van der Waals surface area contributed by atoms with Gasteiger partial charge in [0, 0.05) is 18.4 Å². The average Bonchev–Trinajstić information content (AvgIpc) is 2.25. The molecule has 0 saturated carbocycles. The zero-order valence-electron chi connectivity index (χ0n) is 10.5. The lowest BCUT2D eigenvalue weighted by molar-refractivity contribution is 0.163. The summed E-state index contributed by atoms with van der Waals surface area (Å²) in [5.41, 5.74) is 0.593. The third-order valence-electron chi connectivity index (χ3n) is 2.34. The SMILES string of the molecule is C[C@H](CNC(=O)Nc1ccnc(Cl)c1)C[C@@H](C)O. The van der Waals surface area contributed by atoms with E-state index in [0.29, 0.717) is 23.8 Å². The van der Waals surface area contributed by atoms with Gasteiger partial charge in [-0.2, -0.15) is 0 Å². The molecule has 0 aromatic carbocycles. The number of pyridine rings is 1. The zero-order chi connectivity index (χ0) is 13.5. The Hall–Kier alpha value is -1.33. The lowest BCUT2D eigenvalue weighted by Crippen LogP contribution is -2.33. The number of halogens is 1. The molecule has 1 rings (SSSR count). The van der Waals surface area contributed by atoms with Crippen molar-refractivity contribution in [3.05, 3.63) is 23.5 Å². The molecule has 3 N–H and O–H groups in total. The minimum Gasteiger partial charge on any atom is -0.393 e. The summed E-state index contributed by atoms with van der Waals surface area (Å²) in [6.07, 6.45) is 1.82. The van der Waals surface area contributed by atoms with Gasteiger partial charge in [0.05, 0.1) is 6.10 Å². The van der Waals surface area contributed by atoms with E-state index in [9.17, 15) is 9.90 Å². The number of amides is 2. The lowest BCUT2D eigenvalue weighted by Gasteiger charge is -2.14. The maximum Gasteiger partial charge on any atom is 0.319 e. The number of anilines is 1. The topological polar surface area (TPSA) is 74.2 Å². The molecule has 100 valence electrons. The first-order valence-corrected chi connectivity index (χ1v) is 6.19. The van der Waals surface area contributed by atoms with Gasteiger partial charge in [-0.1, -0.05) is 18.5 Å². The van der Waals surface area contributed by atoms with E-state index in [1.807, 2.05) is 6.92 Å². The summed E-state index contributed by atoms with van der Waals surface area (Å²) in [6.45, 7) is 4.21. The van der Waals surface area contributed by atoms with E-state index >= 15 is 0 Å². The predicted molar refractivity (Wildman–Crippen MR) is 71.7 cm³/mol. The van der Waals surface area contributed by atoms with E-state index in [-0.39, 0.29) is 18.1 Å². The van der Waals surface area contributed by atoms with Gasteiger partial charge in [0.15, 0.2) is 0 Å². The number of nitrogens with zero attached hydrogens (tertiary/aromatic N) is 1. The number of carbonyl (C=O) groups is 1. The van der Waals surface area contributed by atoms with Gasteiger partial charge in [-0.15, -0.1) is 0 Å². The molecule has 0 aliphatic rings. The van der Waals surface area contributed by atoms with Crippen LogP contribution in [0.1, 0.15) is 20.3 Å². The van der Waals surface area contributed by atoms with Crippen molar-refractivity contribution in [1.29, 1.82) is 0 Å². The van der Waals surface area contributed by atoms with Crippen molar-refractivity contribution in [3.8, 4) is 0 Å². The normalized spacial score (nSPS) is 13.8. The molecule has 5 nitrogen and oxygen atoms in total. The molecule has 0 radical (unpaired) electrons. The second-order valence-corrected chi connectivity index (χ2v) is 4.78. The Morgan fingerprint density at radius 1 is 1.56 bits per heavy atom. The van der Waals surface area contributed by atoms with Crippen LogP contribution in [-0.4, -0.2) is 28.8 Å². The molecule has 0 saturated heterocycles. The second kappa shape index (κ2) is 7.18. The van der Waals surface area contributed by atoms with Crippen LogP contribution >= 0.6 is 11.6 Å². The Morgan fingerprint density at radius 2 is 2.28 bits per heavy atom. The minimum atomic E-state index is -0.358. The fourth-order valence-corrected chi connectivity index (χ4v) is 1.76. The first-order chi connectivity index (χ1) is 8.47. The first kappa shape index (κ1) is 14.7. The molecule has 1 aromatic rings. The van der Waals surface area contributed by atoms with Crippen molar-refractivity contribution in [3.63, 3.8) is 0 Å². The van der Waals surface area contributed by atoms with E-state index in [1.54, 1.807) is 19.1 Å². The van der Waals surface area contributed by atoms with Gasteiger partial charge in [-0.05, 0) is 31.4 Å². The van der Waals surface area contributed by atoms with Crippen LogP contribution in [0.15, 0.2) is 18.3 Å². The van der Waals surface area contributed by atoms with Crippen LogP contribution in [0.3, 0.4) is 0 Å². The van der Waals surface area contributed by atoms with Gasteiger partial charge in [0.2, 0.25) is 0 Å². The summed E-state index contributed by atoms with van der Waals surface area (Å²) in [6, 6.07) is 2.93. The molecule has 1 heterocycles. The fourth-order valence-electron chi connectivity index (χ4n) is 1.59. The van der Waals surface area contributed by atoms with Crippen LogP contribution in [-0.2, 0) is 0 Å². The van der Waals surface area contributed by atoms with Crippen molar-refractivity contribution in [2.45, 2.75) is 26.4 Å². The highest BCUT2D eigenvalue weighted by Crippen LogP contribution is 2.11. The Balaban J connectivity index is 2.34. The van der Waals surface area contributed by atoms with Crippen LogP contribution in [0.2, 0.25) is 5.15 Å². The highest BCUT2D eigenvalue weighted by atomic mass is 35.5. The van der Waals surface area contributed by atoms with E-state index in [2.05, 4.69) is 15.6 Å². The van der Waals surface area contributed by atoms with Crippen LogP contribution in [0, 0.1) is 5.92 Å². The highest BCUT2D eigenvalue weighted by Gasteiger charge is 2.08. The third-order valence-corrected chi connectivity index (χ3v) is 2.55. The van der Waals surface area contributed by atoms with E-state index < -0.39 is 0 Å². The summed E-state index contributed by atoms with van der Waals surface area (Å²) in [5.74, 6) is 0.219. The fraction of sp³-hybridized carbons (Fsp3) is 0.500. The molecule has 0 fully saturated rings. The maximum absolute atomic E-state index is 11.6. The summed E-state index contributed by atoms with van der Waals surface area (Å²) < 4.78 is 0. The molecule has 1 aromatic heterocycles. The number of rotatable bonds is 5. The van der Waals surface area contributed by atoms with Gasteiger partial charge in [0.1, 0.15) is 5.15 Å². The van der Waals surface area contributed by atoms with Crippen molar-refractivity contribution < 1.29 is 9.90 Å². The molecular formula is C12H18ClN3O2. The number of urea groups is 1. The largest absolute Gasteiger partial charge is 0.393 e. The summed E-state index contributed by atoms with van der Waals surface area (Å²) in [7, 11) is 0. The van der Waals surface area contributed by atoms with Crippen molar-refractivity contribution in [2.75, 3.05) is 11.9 Å². The van der Waals surface area contributed by atoms with Gasteiger partial charge in [-0.3, -0.25) is 0 Å². The zero-order valence-corrected chi connectivity index (χ0v) is 11.2. The first-order valence-electron chi connectivity index (χ1n) is 5.82. The molecule has 18 heavy (non-hydrogen) atoms. The molecule has 0 bridgehead atoms. The Bertz CT molecular complexity index is 399. The minimum absolute atomic E-state index is 0.219. The molecular weight excluding hydrogens is 254 g/mol. The number of carbonyl (C=O) groups excluding carboxylic acids is 1. The highest BCUT2D eigenvalue weighted by molar-refractivity contribution is 6.29. The molecule has 2 amide bonds. The van der Waals surface area contributed by atoms with Gasteiger partial charge < -0.3 is 15.7 Å². The van der Waals surface area contributed by atoms with Gasteiger partial charge in [0.25, 0.3) is 0 Å². The third kappa shape index (κ3) is 5.84. The quantitative estimate of drug-likeness (QED) is 0.719. The Labute approximate surface area is 112 Å². The standard InChI is InChI=1S/C12H18ClN3O2/c1-8(5-9(2)17)7-15-12(18)16-10-3-4-14-11(13)6-10/h3-4,6,8-9,17H,5,7H2,1-2H3,(H2,14,15,16,18)/t8-,9+/m0/s1. The van der Waals surface area contributed by atoms with E-state index in [1.165, 1.54) is 6.20 Å². The van der Waals surface area contributed by atoms with Crippen LogP contribution in [0.25, 0.3) is 0 Å². The van der Waals surface area contributed by atoms with Crippen molar-refractivity contribution in [2.24, 2.45) is 5.92 Å². The molecule has 0 aliphatic heterocycles. The monoisotopic (exact) mass is 271 g/mol. The van der Waals surface area contributed by atoms with E-state index in [0.717, 1.165) is 0 Å². The molecule has 2 atom stereocenters. The van der Waals surface area contributed by atoms with Gasteiger partial charge in [-0.25, -0.2) is 9.78 Å². The number of aliphatic hydroxyl groups excluding tert-OH is 1. The van der Waals surface area contributed by atoms with Gasteiger partial charge >= 0.3 is 6.03 Å². The molecule has 0 aliphatic carbocycles. The lowest BCUT2D eigenvalue weighted by atomic mass is 10.1. The second-order valence-electron chi connectivity index (χ2n) is 4.39. The number of nitrogens with one attached hydrogen (secondary N) is 2. The van der Waals surface area contributed by atoms with E-state index in [4.69, 9.17) is 11.6 Å². The number of hydrogen-bond donors (Lipinski definition) is 3. The maximum atomic E-state index is 11.6. The number of hydrogen-bond acceptors (Lipinski definition) is 3. The molecule has 0 spiro atoms. The predicted octanol–water partition coefficient (Wildman–Crippen LogP) is 2.26. The number of aliphatic hydroxyl groups is 1. The van der Waals surface area contributed by atoms with Crippen LogP contribution in [0.5, 0.6) is 0 Å². The Morgan fingerprint density at radius 3 is 2.89 bits per heavy atom. The number of aromatic nitrogens is 1. The summed E-state index contributed by atoms with van der Waals surface area (Å²) in [5, 5.41) is 14.9. The summed E-state index contributed by atoms with van der Waals surface area (Å²) in [4.78, 5) is 15.4. The van der Waals surface area contributed by atoms with Crippen LogP contribution < -0.4 is 10.6 Å².